The Balaban J connectivity index is 1.45. The maximum Gasteiger partial charge on any atom is 0.236 e. The summed E-state index contributed by atoms with van der Waals surface area (Å²) >= 11 is 1.63. The van der Waals surface area contributed by atoms with Crippen LogP contribution in [-0.2, 0) is 11.3 Å². The number of rotatable bonds is 6. The number of carbonyl (C=O) groups is 1. The van der Waals surface area contributed by atoms with Crippen LogP contribution in [0.15, 0.2) is 28.2 Å². The van der Waals surface area contributed by atoms with Crippen molar-refractivity contribution in [2.45, 2.75) is 26.4 Å². The molecule has 3 rings (SSSR count). The molecule has 1 fully saturated rings. The summed E-state index contributed by atoms with van der Waals surface area (Å²) in [4.78, 5) is 22.0. The minimum atomic E-state index is 0.107. The summed E-state index contributed by atoms with van der Waals surface area (Å²) in [5.41, 5.74) is 0.962. The lowest BCUT2D eigenvalue weighted by Crippen LogP contribution is -2.49. The molecular formula is C17H24N4O2S. The first-order chi connectivity index (χ1) is 11.6. The molecule has 24 heavy (non-hydrogen) atoms. The normalized spacial score (nSPS) is 16.6. The number of amides is 1. The van der Waals surface area contributed by atoms with Crippen molar-refractivity contribution in [3.05, 3.63) is 29.5 Å². The molecule has 0 unspecified atom stereocenters. The molecule has 2 aromatic rings. The van der Waals surface area contributed by atoms with E-state index in [1.54, 1.807) is 17.6 Å². The van der Waals surface area contributed by atoms with Gasteiger partial charge >= 0.3 is 0 Å². The SMILES string of the molecule is CC(C)NC(=O)CN1CCN(Cc2coc(-c3cccs3)n2)CC1. The van der Waals surface area contributed by atoms with Crippen molar-refractivity contribution >= 4 is 17.2 Å². The third-order valence-corrected chi connectivity index (χ3v) is 4.81. The quantitative estimate of drug-likeness (QED) is 0.866. The van der Waals surface area contributed by atoms with Crippen molar-refractivity contribution in [1.29, 1.82) is 0 Å². The second-order valence-electron chi connectivity index (χ2n) is 6.40. The Morgan fingerprint density at radius 2 is 2.08 bits per heavy atom. The van der Waals surface area contributed by atoms with Gasteiger partial charge in [0.05, 0.1) is 17.1 Å². The zero-order valence-electron chi connectivity index (χ0n) is 14.2. The molecule has 1 N–H and O–H groups in total. The summed E-state index contributed by atoms with van der Waals surface area (Å²) in [5.74, 6) is 0.805. The van der Waals surface area contributed by atoms with Crippen LogP contribution in [0.2, 0.25) is 0 Å². The molecule has 0 atom stereocenters. The van der Waals surface area contributed by atoms with Crippen LogP contribution in [0.5, 0.6) is 0 Å². The third kappa shape index (κ3) is 4.66. The predicted molar refractivity (Wildman–Crippen MR) is 94.8 cm³/mol. The summed E-state index contributed by atoms with van der Waals surface area (Å²) in [7, 11) is 0. The monoisotopic (exact) mass is 348 g/mol. The highest BCUT2D eigenvalue weighted by atomic mass is 32.1. The van der Waals surface area contributed by atoms with Gasteiger partial charge in [0.2, 0.25) is 11.8 Å². The number of nitrogens with one attached hydrogen (secondary N) is 1. The molecule has 0 aliphatic carbocycles. The van der Waals surface area contributed by atoms with Gasteiger partial charge in [-0.3, -0.25) is 14.6 Å². The van der Waals surface area contributed by atoms with E-state index < -0.39 is 0 Å². The molecule has 0 aromatic carbocycles. The van der Waals surface area contributed by atoms with Gasteiger partial charge in [0.25, 0.3) is 0 Å². The van der Waals surface area contributed by atoms with Crippen molar-refractivity contribution in [3.8, 4) is 10.8 Å². The Hall–Kier alpha value is -1.70. The molecule has 1 amide bonds. The molecule has 2 aromatic heterocycles. The van der Waals surface area contributed by atoms with E-state index in [1.165, 1.54) is 0 Å². The third-order valence-electron chi connectivity index (χ3n) is 3.95. The van der Waals surface area contributed by atoms with Crippen molar-refractivity contribution < 1.29 is 9.21 Å². The molecule has 130 valence electrons. The summed E-state index contributed by atoms with van der Waals surface area (Å²) in [6, 6.07) is 4.21. The van der Waals surface area contributed by atoms with Gasteiger partial charge in [-0.25, -0.2) is 4.98 Å². The summed E-state index contributed by atoms with van der Waals surface area (Å²) < 4.78 is 5.57. The van der Waals surface area contributed by atoms with E-state index in [4.69, 9.17) is 4.42 Å². The number of thiophene rings is 1. The lowest BCUT2D eigenvalue weighted by atomic mass is 10.3. The second kappa shape index (κ2) is 7.92. The van der Waals surface area contributed by atoms with Crippen molar-refractivity contribution in [2.75, 3.05) is 32.7 Å². The first-order valence-electron chi connectivity index (χ1n) is 8.32. The standard InChI is InChI=1S/C17H24N4O2S/c1-13(2)18-16(22)11-21-7-5-20(6-8-21)10-14-12-23-17(19-14)15-4-3-9-24-15/h3-4,9,12-13H,5-8,10-11H2,1-2H3,(H,18,22). The van der Waals surface area contributed by atoms with Gasteiger partial charge in [0, 0.05) is 38.8 Å². The predicted octanol–water partition coefficient (Wildman–Crippen LogP) is 2.05. The molecule has 1 saturated heterocycles. The summed E-state index contributed by atoms with van der Waals surface area (Å²) in [6.45, 7) is 8.93. The highest BCUT2D eigenvalue weighted by Gasteiger charge is 2.20. The van der Waals surface area contributed by atoms with Gasteiger partial charge in [-0.05, 0) is 25.3 Å². The van der Waals surface area contributed by atoms with Gasteiger partial charge in [0.1, 0.15) is 6.26 Å². The average Bonchev–Trinajstić information content (AvgIpc) is 3.19. The number of oxazole rings is 1. The van der Waals surface area contributed by atoms with Gasteiger partial charge in [-0.15, -0.1) is 11.3 Å². The Kier molecular flexibility index (Phi) is 5.65. The fourth-order valence-corrected chi connectivity index (χ4v) is 3.45. The largest absolute Gasteiger partial charge is 0.444 e. The van der Waals surface area contributed by atoms with Gasteiger partial charge in [-0.2, -0.15) is 0 Å². The summed E-state index contributed by atoms with van der Waals surface area (Å²) in [6.07, 6.45) is 1.75. The molecule has 0 spiro atoms. The maximum atomic E-state index is 11.8. The lowest BCUT2D eigenvalue weighted by molar-refractivity contribution is -0.123. The van der Waals surface area contributed by atoms with E-state index in [9.17, 15) is 4.79 Å². The molecule has 7 heteroatoms. The molecule has 0 saturated carbocycles. The molecule has 3 heterocycles. The average molecular weight is 348 g/mol. The molecule has 0 bridgehead atoms. The highest BCUT2D eigenvalue weighted by molar-refractivity contribution is 7.13. The molecule has 6 nitrogen and oxygen atoms in total. The minimum Gasteiger partial charge on any atom is -0.444 e. The number of hydrogen-bond donors (Lipinski definition) is 1. The van der Waals surface area contributed by atoms with Crippen LogP contribution in [0.4, 0.5) is 0 Å². The zero-order valence-corrected chi connectivity index (χ0v) is 15.0. The first kappa shape index (κ1) is 17.1. The van der Waals surface area contributed by atoms with Crippen molar-refractivity contribution in [3.63, 3.8) is 0 Å². The first-order valence-corrected chi connectivity index (χ1v) is 9.20. The van der Waals surface area contributed by atoms with E-state index in [0.717, 1.165) is 43.3 Å². The number of piperazine rings is 1. The Bertz CT molecular complexity index is 645. The molecule has 0 radical (unpaired) electrons. The number of aromatic nitrogens is 1. The van der Waals surface area contributed by atoms with Crippen LogP contribution in [0, 0.1) is 0 Å². The Morgan fingerprint density at radius 3 is 2.75 bits per heavy atom. The van der Waals surface area contributed by atoms with E-state index >= 15 is 0 Å². The Labute approximate surface area is 146 Å². The highest BCUT2D eigenvalue weighted by Crippen LogP contribution is 2.24. The Morgan fingerprint density at radius 1 is 1.33 bits per heavy atom. The van der Waals surface area contributed by atoms with E-state index in [1.807, 2.05) is 31.4 Å². The van der Waals surface area contributed by atoms with Gasteiger partial charge < -0.3 is 9.73 Å². The zero-order chi connectivity index (χ0) is 16.9. The molecule has 1 aliphatic heterocycles. The molecular weight excluding hydrogens is 324 g/mol. The topological polar surface area (TPSA) is 61.6 Å². The van der Waals surface area contributed by atoms with E-state index in [-0.39, 0.29) is 11.9 Å². The van der Waals surface area contributed by atoms with Crippen molar-refractivity contribution in [2.24, 2.45) is 0 Å². The lowest BCUT2D eigenvalue weighted by Gasteiger charge is -2.33. The minimum absolute atomic E-state index is 0.107. The summed E-state index contributed by atoms with van der Waals surface area (Å²) in [5, 5.41) is 4.96. The molecule has 1 aliphatic rings. The van der Waals surface area contributed by atoms with Gasteiger partial charge in [-0.1, -0.05) is 6.07 Å². The number of hydrogen-bond acceptors (Lipinski definition) is 6. The van der Waals surface area contributed by atoms with E-state index in [0.29, 0.717) is 12.4 Å². The van der Waals surface area contributed by atoms with Crippen LogP contribution in [0.3, 0.4) is 0 Å². The number of nitrogens with zero attached hydrogens (tertiary/aromatic N) is 3. The fourth-order valence-electron chi connectivity index (χ4n) is 2.80. The second-order valence-corrected chi connectivity index (χ2v) is 7.34. The fraction of sp³-hybridized carbons (Fsp3) is 0.529. The van der Waals surface area contributed by atoms with Crippen LogP contribution in [0.1, 0.15) is 19.5 Å². The smallest absolute Gasteiger partial charge is 0.236 e. The van der Waals surface area contributed by atoms with Crippen LogP contribution in [-0.4, -0.2) is 59.5 Å². The van der Waals surface area contributed by atoms with Crippen molar-refractivity contribution in [1.82, 2.24) is 20.1 Å². The van der Waals surface area contributed by atoms with Gasteiger partial charge in [0.15, 0.2) is 0 Å². The van der Waals surface area contributed by atoms with Crippen LogP contribution < -0.4 is 5.32 Å². The number of carbonyl (C=O) groups excluding carboxylic acids is 1. The van der Waals surface area contributed by atoms with Crippen LogP contribution >= 0.6 is 11.3 Å². The van der Waals surface area contributed by atoms with Crippen LogP contribution in [0.25, 0.3) is 10.8 Å². The maximum absolute atomic E-state index is 11.8. The van der Waals surface area contributed by atoms with E-state index in [2.05, 4.69) is 20.1 Å².